The maximum Gasteiger partial charge on any atom is 0.435 e. The van der Waals surface area contributed by atoms with Crippen molar-refractivity contribution in [3.05, 3.63) is 29.3 Å². The lowest BCUT2D eigenvalue weighted by molar-refractivity contribution is 0.242. The molecule has 0 bridgehead atoms. The van der Waals surface area contributed by atoms with Gasteiger partial charge in [-0.3, -0.25) is 0 Å². The maximum atomic E-state index is 12.0. The van der Waals surface area contributed by atoms with Gasteiger partial charge in [-0.15, -0.1) is 0 Å². The van der Waals surface area contributed by atoms with Crippen molar-refractivity contribution in [2.75, 3.05) is 0 Å². The van der Waals surface area contributed by atoms with Gasteiger partial charge in [-0.2, -0.15) is 0 Å². The third-order valence-electron chi connectivity index (χ3n) is 5.01. The predicted molar refractivity (Wildman–Crippen MR) is 137 cm³/mol. The lowest BCUT2D eigenvalue weighted by atomic mass is 10.1. The van der Waals surface area contributed by atoms with Gasteiger partial charge in [0.1, 0.15) is 5.75 Å². The molecule has 0 aliphatic carbocycles. The van der Waals surface area contributed by atoms with Gasteiger partial charge in [-0.1, -0.05) is 149 Å². The van der Waals surface area contributed by atoms with E-state index in [9.17, 15) is 19.4 Å². The highest BCUT2D eigenvalue weighted by Gasteiger charge is 2.67. The monoisotopic (exact) mass is 504 g/mol. The van der Waals surface area contributed by atoms with Crippen LogP contribution in [0, 0.1) is 13.8 Å². The second-order valence-electron chi connectivity index (χ2n) is 8.79. The van der Waals surface area contributed by atoms with Crippen molar-refractivity contribution in [2.24, 2.45) is 0 Å². The average Bonchev–Trinajstić information content (AvgIpc) is 2.70. The van der Waals surface area contributed by atoms with Crippen LogP contribution in [0.4, 0.5) is 19.4 Å². The number of hydrogen-bond donors (Lipinski definition) is 0. The molecule has 1 nitrogen and oxygen atoms in total. The van der Waals surface area contributed by atoms with Crippen LogP contribution in [0.1, 0.15) is 129 Å². The molecule has 0 saturated heterocycles. The Balaban J connectivity index is 0. The van der Waals surface area contributed by atoms with Gasteiger partial charge in [0.15, 0.2) is 0 Å². The van der Waals surface area contributed by atoms with Crippen LogP contribution >= 0.6 is 10.5 Å². The second kappa shape index (κ2) is 16.6. The fraction of sp³-hybridized carbons (Fsp3) is 0.769. The zero-order chi connectivity index (χ0) is 25.9. The summed E-state index contributed by atoms with van der Waals surface area (Å²) in [5.41, 5.74) is 0.423. The molecule has 0 amide bonds. The lowest BCUT2D eigenvalue weighted by Crippen LogP contribution is -2.14. The summed E-state index contributed by atoms with van der Waals surface area (Å²) in [5.74, 6) is -0.853. The molecule has 0 aliphatic heterocycles. The molecular weight excluding hydrogens is 455 g/mol. The van der Waals surface area contributed by atoms with E-state index >= 15 is 0 Å². The first-order valence-electron chi connectivity index (χ1n) is 12.7. The average molecular weight is 505 g/mol. The molecule has 33 heavy (non-hydrogen) atoms. The fourth-order valence-corrected chi connectivity index (χ4v) is 3.55. The van der Waals surface area contributed by atoms with Crippen molar-refractivity contribution < 1.29 is 23.6 Å². The number of rotatable bonds is 14. The highest BCUT2D eigenvalue weighted by molar-refractivity contribution is 8.42. The Morgan fingerprint density at radius 2 is 0.909 bits per heavy atom. The minimum atomic E-state index is -9.85. The largest absolute Gasteiger partial charge is 0.435 e. The topological polar surface area (TPSA) is 9.23 Å². The standard InChI is InChI=1S/2C9H20.C8H9F5OS/c2*1-3-5-7-9-8-6-4-2;1-6-3-4-7(2)8(5-6)14-15(9,10,11,12)13/h2*3-9H2,1-2H3;3-5H,1-2H3. The Labute approximate surface area is 200 Å². The molecule has 200 valence electrons. The molecule has 0 aromatic heterocycles. The minimum absolute atomic E-state index is 0.00819. The molecule has 1 rings (SSSR count). The summed E-state index contributed by atoms with van der Waals surface area (Å²) in [7, 11) is -9.85. The Bertz CT molecular complexity index is 576. The first-order chi connectivity index (χ1) is 15.2. The fourth-order valence-electron chi connectivity index (χ4n) is 3.03. The van der Waals surface area contributed by atoms with E-state index in [1.165, 1.54) is 116 Å². The molecule has 0 heterocycles. The number of halogens is 5. The van der Waals surface area contributed by atoms with Crippen LogP contribution in [0.15, 0.2) is 18.2 Å². The molecule has 0 aliphatic rings. The van der Waals surface area contributed by atoms with Crippen molar-refractivity contribution in [2.45, 2.75) is 131 Å². The molecule has 0 fully saturated rings. The van der Waals surface area contributed by atoms with E-state index in [1.54, 1.807) is 0 Å². The van der Waals surface area contributed by atoms with Gasteiger partial charge in [0.05, 0.1) is 0 Å². The smallest absolute Gasteiger partial charge is 0.354 e. The molecular formula is C26H49F5OS. The summed E-state index contributed by atoms with van der Waals surface area (Å²) in [6.07, 6.45) is 19.9. The SMILES string of the molecule is CCCCCCCCC.CCCCCCCCC.Cc1ccc(C)c(OS(F)(F)(F)(F)F)c1. The van der Waals surface area contributed by atoms with Crippen LogP contribution in [0.25, 0.3) is 0 Å². The molecule has 0 unspecified atom stereocenters. The summed E-state index contributed by atoms with van der Waals surface area (Å²) in [5, 5.41) is 0. The van der Waals surface area contributed by atoms with Gasteiger partial charge < -0.3 is 4.18 Å². The molecule has 0 spiro atoms. The second-order valence-corrected chi connectivity index (χ2v) is 10.7. The van der Waals surface area contributed by atoms with Crippen LogP contribution < -0.4 is 4.18 Å². The Morgan fingerprint density at radius 3 is 1.21 bits per heavy atom. The first-order valence-corrected chi connectivity index (χ1v) is 14.6. The first kappa shape index (κ1) is 34.2. The van der Waals surface area contributed by atoms with E-state index in [4.69, 9.17) is 0 Å². The van der Waals surface area contributed by atoms with Crippen molar-refractivity contribution in [3.63, 3.8) is 0 Å². The van der Waals surface area contributed by atoms with Crippen molar-refractivity contribution >= 4 is 10.5 Å². The van der Waals surface area contributed by atoms with E-state index in [0.717, 1.165) is 6.07 Å². The Kier molecular flexibility index (Phi) is 17.2. The van der Waals surface area contributed by atoms with Gasteiger partial charge in [0.25, 0.3) is 0 Å². The molecule has 0 radical (unpaired) electrons. The van der Waals surface area contributed by atoms with E-state index in [1.807, 2.05) is 0 Å². The molecule has 7 heteroatoms. The van der Waals surface area contributed by atoms with Crippen molar-refractivity contribution in [1.29, 1.82) is 0 Å². The maximum absolute atomic E-state index is 12.0. The summed E-state index contributed by atoms with van der Waals surface area (Å²) in [4.78, 5) is 0. The van der Waals surface area contributed by atoms with Crippen molar-refractivity contribution in [3.8, 4) is 5.75 Å². The number of hydrogen-bond acceptors (Lipinski definition) is 1. The highest BCUT2D eigenvalue weighted by Crippen LogP contribution is 2.97. The number of unbranched alkanes of at least 4 members (excludes halogenated alkanes) is 12. The van der Waals surface area contributed by atoms with E-state index < -0.39 is 16.3 Å². The lowest BCUT2D eigenvalue weighted by Gasteiger charge is -2.39. The summed E-state index contributed by atoms with van der Waals surface area (Å²) in [6.45, 7) is 11.8. The molecule has 0 N–H and O–H groups in total. The third-order valence-corrected chi connectivity index (χ3v) is 5.50. The zero-order valence-electron chi connectivity index (χ0n) is 21.8. The highest BCUT2D eigenvalue weighted by atomic mass is 32.5. The molecule has 1 aromatic carbocycles. The summed E-state index contributed by atoms with van der Waals surface area (Å²) < 4.78 is 62.9. The van der Waals surface area contributed by atoms with Crippen LogP contribution in [0.5, 0.6) is 5.75 Å². The van der Waals surface area contributed by atoms with Gasteiger partial charge in [-0.25, -0.2) is 0 Å². The Morgan fingerprint density at radius 1 is 0.576 bits per heavy atom. The van der Waals surface area contributed by atoms with E-state index in [2.05, 4.69) is 31.9 Å². The summed E-state index contributed by atoms with van der Waals surface area (Å²) >= 11 is 0. The number of benzene rings is 1. The van der Waals surface area contributed by atoms with Crippen LogP contribution in [0.3, 0.4) is 0 Å². The van der Waals surface area contributed by atoms with Crippen LogP contribution in [-0.2, 0) is 0 Å². The molecule has 1 aromatic rings. The van der Waals surface area contributed by atoms with E-state index in [-0.39, 0.29) is 5.56 Å². The quantitative estimate of drug-likeness (QED) is 0.181. The van der Waals surface area contributed by atoms with Gasteiger partial charge in [0, 0.05) is 0 Å². The molecule has 0 saturated carbocycles. The predicted octanol–water partition coefficient (Wildman–Crippen LogP) is 12.4. The Hall–Kier alpha value is -0.980. The van der Waals surface area contributed by atoms with Crippen LogP contribution in [-0.4, -0.2) is 0 Å². The van der Waals surface area contributed by atoms with Gasteiger partial charge in [0.2, 0.25) is 0 Å². The normalized spacial score (nSPS) is 13.1. The van der Waals surface area contributed by atoms with Gasteiger partial charge >= 0.3 is 10.5 Å². The zero-order valence-corrected chi connectivity index (χ0v) is 22.7. The minimum Gasteiger partial charge on any atom is -0.354 e. The molecule has 0 atom stereocenters. The third kappa shape index (κ3) is 27.1. The van der Waals surface area contributed by atoms with Crippen molar-refractivity contribution in [1.82, 2.24) is 0 Å². The van der Waals surface area contributed by atoms with E-state index in [0.29, 0.717) is 5.56 Å². The van der Waals surface area contributed by atoms with Crippen LogP contribution in [0.2, 0.25) is 0 Å². The number of aryl methyl sites for hydroxylation is 2. The van der Waals surface area contributed by atoms with Gasteiger partial charge in [-0.05, 0) is 31.0 Å². The summed E-state index contributed by atoms with van der Waals surface area (Å²) in [6, 6.07) is 3.72.